The van der Waals surface area contributed by atoms with E-state index in [9.17, 15) is 14.0 Å². The third kappa shape index (κ3) is 6.31. The number of nitrogens with one attached hydrogen (secondary N) is 2. The lowest BCUT2D eigenvalue weighted by Gasteiger charge is -2.41. The van der Waals surface area contributed by atoms with Crippen LogP contribution in [0.4, 0.5) is 10.1 Å². The second kappa shape index (κ2) is 12.6. The zero-order valence-corrected chi connectivity index (χ0v) is 25.2. The molecule has 0 saturated heterocycles. The molecule has 0 unspecified atom stereocenters. The fourth-order valence-corrected chi connectivity index (χ4v) is 6.45. The number of aryl methyl sites for hydroxylation is 2. The van der Waals surface area contributed by atoms with Gasteiger partial charge >= 0.3 is 0 Å². The summed E-state index contributed by atoms with van der Waals surface area (Å²) in [6.07, 6.45) is 4.04. The van der Waals surface area contributed by atoms with Crippen LogP contribution in [0.1, 0.15) is 71.0 Å². The van der Waals surface area contributed by atoms with Crippen LogP contribution in [0, 0.1) is 26.6 Å². The van der Waals surface area contributed by atoms with E-state index in [1.54, 1.807) is 6.07 Å². The minimum Gasteiger partial charge on any atom is -0.454 e. The molecular weight excluding hydrogens is 535 g/mol. The average Bonchev–Trinajstić information content (AvgIpc) is 3.42. The Morgan fingerprint density at radius 3 is 2.45 bits per heavy atom. The van der Waals surface area contributed by atoms with Crippen molar-refractivity contribution in [3.05, 3.63) is 86.1 Å². The number of H-pyrrole nitrogens is 1. The number of halogens is 1. The number of nitrogens with zero attached hydrogens (tertiary/aromatic N) is 2. The van der Waals surface area contributed by atoms with E-state index in [4.69, 9.17) is 9.47 Å². The molecule has 2 aromatic carbocycles. The van der Waals surface area contributed by atoms with Crippen molar-refractivity contribution in [2.75, 3.05) is 25.3 Å². The number of carbonyl (C=O) groups excluding carboxylic acids is 1. The standard InChI is InChI=1S/C33H41FN4O4/c1-6-38(26-10-8-25(9-11-26)37(5)18-23-7-12-31-32(14-23)42-19-41-31)29-16-24(34)15-27(21(29)3)33(40)35-17-28-22(4)36-20(2)13-30(28)39/h7,12-16,25-26H,6,8-11,17-19H2,1-5H3,(H,35,40)(H,36,39). The summed E-state index contributed by atoms with van der Waals surface area (Å²) >= 11 is 0. The summed E-state index contributed by atoms with van der Waals surface area (Å²) in [5, 5.41) is 2.84. The monoisotopic (exact) mass is 576 g/mol. The highest BCUT2D eigenvalue weighted by molar-refractivity contribution is 5.97. The quantitative estimate of drug-likeness (QED) is 0.356. The molecule has 2 N–H and O–H groups in total. The Kier molecular flexibility index (Phi) is 8.87. The van der Waals surface area contributed by atoms with Crippen LogP contribution in [0.2, 0.25) is 0 Å². The van der Waals surface area contributed by atoms with Crippen molar-refractivity contribution in [1.29, 1.82) is 0 Å². The highest BCUT2D eigenvalue weighted by atomic mass is 19.1. The van der Waals surface area contributed by atoms with Crippen LogP contribution in [0.25, 0.3) is 0 Å². The van der Waals surface area contributed by atoms with Gasteiger partial charge in [0.2, 0.25) is 6.79 Å². The van der Waals surface area contributed by atoms with E-state index >= 15 is 0 Å². The molecule has 2 aliphatic rings. The fraction of sp³-hybridized carbons (Fsp3) is 0.455. The number of rotatable bonds is 9. The molecule has 2 heterocycles. The maximum atomic E-state index is 14.9. The summed E-state index contributed by atoms with van der Waals surface area (Å²) < 4.78 is 25.9. The molecule has 1 fully saturated rings. The maximum absolute atomic E-state index is 14.9. The Balaban J connectivity index is 1.24. The summed E-state index contributed by atoms with van der Waals surface area (Å²) in [7, 11) is 2.17. The fourth-order valence-electron chi connectivity index (χ4n) is 6.45. The summed E-state index contributed by atoms with van der Waals surface area (Å²) in [4.78, 5) is 33.4. The molecule has 0 bridgehead atoms. The predicted molar refractivity (Wildman–Crippen MR) is 162 cm³/mol. The van der Waals surface area contributed by atoms with Crippen LogP contribution in [-0.2, 0) is 13.1 Å². The largest absolute Gasteiger partial charge is 0.454 e. The summed E-state index contributed by atoms with van der Waals surface area (Å²) in [6.45, 7) is 9.48. The average molecular weight is 577 g/mol. The van der Waals surface area contributed by atoms with Crippen molar-refractivity contribution in [3.8, 4) is 11.5 Å². The van der Waals surface area contributed by atoms with Crippen LogP contribution in [-0.4, -0.2) is 48.3 Å². The lowest BCUT2D eigenvalue weighted by molar-refractivity contribution is 0.0949. The van der Waals surface area contributed by atoms with E-state index in [2.05, 4.69) is 46.2 Å². The highest BCUT2D eigenvalue weighted by Crippen LogP contribution is 2.35. The first kappa shape index (κ1) is 29.6. The number of hydrogen-bond acceptors (Lipinski definition) is 6. The van der Waals surface area contributed by atoms with Crippen LogP contribution in [0.15, 0.2) is 41.2 Å². The van der Waals surface area contributed by atoms with Gasteiger partial charge in [-0.25, -0.2) is 4.39 Å². The molecule has 1 aliphatic heterocycles. The lowest BCUT2D eigenvalue weighted by Crippen LogP contribution is -2.43. The van der Waals surface area contributed by atoms with Crippen LogP contribution < -0.4 is 25.1 Å². The first-order valence-corrected chi connectivity index (χ1v) is 14.8. The Labute approximate surface area is 246 Å². The summed E-state index contributed by atoms with van der Waals surface area (Å²) in [6, 6.07) is 11.2. The third-order valence-corrected chi connectivity index (χ3v) is 8.75. The molecule has 8 nitrogen and oxygen atoms in total. The molecule has 3 aromatic rings. The number of carbonyl (C=O) groups is 1. The topological polar surface area (TPSA) is 86.9 Å². The van der Waals surface area contributed by atoms with E-state index < -0.39 is 11.7 Å². The first-order chi connectivity index (χ1) is 20.1. The van der Waals surface area contributed by atoms with Crippen molar-refractivity contribution < 1.29 is 18.7 Å². The molecule has 1 aromatic heterocycles. The van der Waals surface area contributed by atoms with Crippen molar-refractivity contribution in [2.24, 2.45) is 0 Å². The van der Waals surface area contributed by atoms with Gasteiger partial charge in [0.15, 0.2) is 16.9 Å². The summed E-state index contributed by atoms with van der Waals surface area (Å²) in [5.74, 6) is 0.769. The van der Waals surface area contributed by atoms with Gasteiger partial charge in [-0.05, 0) is 95.8 Å². The van der Waals surface area contributed by atoms with Gasteiger partial charge in [-0.3, -0.25) is 14.5 Å². The number of hydrogen-bond donors (Lipinski definition) is 2. The molecule has 42 heavy (non-hydrogen) atoms. The van der Waals surface area contributed by atoms with E-state index in [0.29, 0.717) is 29.4 Å². The third-order valence-electron chi connectivity index (χ3n) is 8.75. The van der Waals surface area contributed by atoms with E-state index in [1.165, 1.54) is 17.7 Å². The Morgan fingerprint density at radius 2 is 1.74 bits per heavy atom. The number of anilines is 1. The number of pyridine rings is 1. The molecule has 9 heteroatoms. The van der Waals surface area contributed by atoms with Crippen molar-refractivity contribution >= 4 is 11.6 Å². The first-order valence-electron chi connectivity index (χ1n) is 14.8. The van der Waals surface area contributed by atoms with Gasteiger partial charge in [-0.15, -0.1) is 0 Å². The predicted octanol–water partition coefficient (Wildman–Crippen LogP) is 5.37. The second-order valence-electron chi connectivity index (χ2n) is 11.6. The number of ether oxygens (including phenoxy) is 2. The van der Waals surface area contributed by atoms with Gasteiger partial charge in [0.05, 0.1) is 0 Å². The van der Waals surface area contributed by atoms with E-state index in [1.807, 2.05) is 26.8 Å². The van der Waals surface area contributed by atoms with Gasteiger partial charge in [0, 0.05) is 66.0 Å². The second-order valence-corrected chi connectivity index (χ2v) is 11.6. The minimum absolute atomic E-state index is 0.0762. The Bertz CT molecular complexity index is 1510. The van der Waals surface area contributed by atoms with Gasteiger partial charge < -0.3 is 24.7 Å². The van der Waals surface area contributed by atoms with Crippen molar-refractivity contribution in [2.45, 2.75) is 78.6 Å². The Hall–Kier alpha value is -3.85. The zero-order valence-electron chi connectivity index (χ0n) is 25.2. The Morgan fingerprint density at radius 1 is 1.02 bits per heavy atom. The molecule has 0 atom stereocenters. The van der Waals surface area contributed by atoms with Gasteiger partial charge in [0.1, 0.15) is 5.82 Å². The molecule has 5 rings (SSSR count). The number of amides is 1. The van der Waals surface area contributed by atoms with Crippen LogP contribution in [0.3, 0.4) is 0 Å². The van der Waals surface area contributed by atoms with Crippen LogP contribution >= 0.6 is 0 Å². The van der Waals surface area contributed by atoms with Gasteiger partial charge in [-0.2, -0.15) is 0 Å². The summed E-state index contributed by atoms with van der Waals surface area (Å²) in [5.41, 5.74) is 4.84. The lowest BCUT2D eigenvalue weighted by atomic mass is 9.88. The minimum atomic E-state index is -0.444. The van der Waals surface area contributed by atoms with Gasteiger partial charge in [0.25, 0.3) is 5.91 Å². The SMILES string of the molecule is CCN(c1cc(F)cc(C(=O)NCc2c(C)[nH]c(C)cc2=O)c1C)C1CCC(N(C)Cc2ccc3c(c2)OCO3)CC1. The van der Waals surface area contributed by atoms with Gasteiger partial charge in [-0.1, -0.05) is 6.07 Å². The number of aromatic amines is 1. The van der Waals surface area contributed by atoms with Crippen molar-refractivity contribution in [3.63, 3.8) is 0 Å². The maximum Gasteiger partial charge on any atom is 0.252 e. The number of aromatic nitrogens is 1. The zero-order chi connectivity index (χ0) is 30.0. The van der Waals surface area contributed by atoms with Crippen LogP contribution in [0.5, 0.6) is 11.5 Å². The van der Waals surface area contributed by atoms with E-state index in [0.717, 1.165) is 60.7 Å². The number of fused-ring (bicyclic) bond motifs is 1. The highest BCUT2D eigenvalue weighted by Gasteiger charge is 2.29. The molecule has 1 aliphatic carbocycles. The normalized spacial score (nSPS) is 17.9. The molecule has 0 radical (unpaired) electrons. The molecule has 0 spiro atoms. The smallest absolute Gasteiger partial charge is 0.252 e. The molecule has 1 amide bonds. The molecular formula is C33H41FN4O4. The number of benzene rings is 2. The van der Waals surface area contributed by atoms with E-state index in [-0.39, 0.29) is 24.8 Å². The molecule has 224 valence electrons. The molecule has 1 saturated carbocycles. The van der Waals surface area contributed by atoms with Crippen molar-refractivity contribution in [1.82, 2.24) is 15.2 Å².